The molecule has 7 rings (SSSR count). The predicted octanol–water partition coefficient (Wildman–Crippen LogP) is 8.44. The van der Waals surface area contributed by atoms with Crippen molar-refractivity contribution in [3.05, 3.63) is 121 Å². The number of hydrogen-bond donors (Lipinski definition) is 0. The Balaban J connectivity index is 1.29. The molecule has 0 aliphatic rings. The van der Waals surface area contributed by atoms with Gasteiger partial charge in [-0.05, 0) is 102 Å². The molecule has 0 aromatic heterocycles. The van der Waals surface area contributed by atoms with Crippen LogP contribution in [0.4, 0.5) is 0 Å². The third kappa shape index (κ3) is 4.53. The Kier molecular flexibility index (Phi) is 5.98. The molecule has 0 amide bonds. The molecule has 0 aliphatic carbocycles. The third-order valence-electron chi connectivity index (χ3n) is 8.06. The van der Waals surface area contributed by atoms with Crippen LogP contribution < -0.4 is 0 Å². The molecule has 0 radical (unpaired) electrons. The average molecular weight is 587 g/mol. The van der Waals surface area contributed by atoms with E-state index in [0.717, 1.165) is 33.0 Å². The first-order chi connectivity index (χ1) is 20.1. The minimum Gasteiger partial charge on any atom is -0.224 e. The molecule has 0 atom stereocenters. The predicted molar refractivity (Wildman–Crippen MR) is 174 cm³/mol. The van der Waals surface area contributed by atoms with Crippen LogP contribution in [0, 0.1) is 0 Å². The zero-order valence-corrected chi connectivity index (χ0v) is 24.6. The Hall–Kier alpha value is -4.52. The lowest BCUT2D eigenvalue weighted by Gasteiger charge is -2.12. The minimum absolute atomic E-state index is 0.317. The van der Waals surface area contributed by atoms with E-state index in [1.54, 1.807) is 24.3 Å². The van der Waals surface area contributed by atoms with Crippen molar-refractivity contribution in [1.82, 2.24) is 0 Å². The van der Waals surface area contributed by atoms with Crippen LogP contribution in [-0.4, -0.2) is 29.3 Å². The number of benzene rings is 7. The maximum Gasteiger partial charge on any atom is 0.175 e. The van der Waals surface area contributed by atoms with Gasteiger partial charge in [0.1, 0.15) is 0 Å². The number of rotatable bonds is 4. The van der Waals surface area contributed by atoms with Gasteiger partial charge in [-0.25, -0.2) is 16.8 Å². The Labute approximate surface area is 244 Å². The first-order valence-electron chi connectivity index (χ1n) is 13.5. The topological polar surface area (TPSA) is 68.3 Å². The molecule has 0 heterocycles. The molecular formula is C36H26O4S2. The molecule has 7 aromatic rings. The van der Waals surface area contributed by atoms with E-state index in [0.29, 0.717) is 9.79 Å². The summed E-state index contributed by atoms with van der Waals surface area (Å²) >= 11 is 0. The van der Waals surface area contributed by atoms with Gasteiger partial charge in [-0.15, -0.1) is 0 Å². The Morgan fingerprint density at radius 2 is 0.619 bits per heavy atom. The van der Waals surface area contributed by atoms with E-state index in [2.05, 4.69) is 72.8 Å². The molecule has 0 aliphatic heterocycles. The summed E-state index contributed by atoms with van der Waals surface area (Å²) in [7, 11) is -6.46. The number of sulfone groups is 2. The van der Waals surface area contributed by atoms with Crippen LogP contribution in [-0.2, 0) is 19.7 Å². The van der Waals surface area contributed by atoms with Gasteiger partial charge < -0.3 is 0 Å². The fraction of sp³-hybridized carbons (Fsp3) is 0.0556. The highest BCUT2D eigenvalue weighted by molar-refractivity contribution is 7.91. The Bertz CT molecular complexity index is 2250. The van der Waals surface area contributed by atoms with Gasteiger partial charge in [-0.1, -0.05) is 84.9 Å². The van der Waals surface area contributed by atoms with Crippen molar-refractivity contribution < 1.29 is 16.8 Å². The molecule has 0 unspecified atom stereocenters. The summed E-state index contributed by atoms with van der Waals surface area (Å²) in [6, 6.07) is 39.9. The molecular weight excluding hydrogens is 561 g/mol. The summed E-state index contributed by atoms with van der Waals surface area (Å²) in [6.45, 7) is 0. The van der Waals surface area contributed by atoms with Gasteiger partial charge in [0.15, 0.2) is 19.7 Å². The highest BCUT2D eigenvalue weighted by Crippen LogP contribution is 2.37. The van der Waals surface area contributed by atoms with Crippen LogP contribution in [0.2, 0.25) is 0 Å². The van der Waals surface area contributed by atoms with Crippen molar-refractivity contribution in [2.24, 2.45) is 0 Å². The summed E-state index contributed by atoms with van der Waals surface area (Å²) in [5.74, 6) is 0. The summed E-state index contributed by atoms with van der Waals surface area (Å²) in [5.41, 5.74) is 4.02. The largest absolute Gasteiger partial charge is 0.224 e. The lowest BCUT2D eigenvalue weighted by atomic mass is 9.92. The average Bonchev–Trinajstić information content (AvgIpc) is 2.99. The van der Waals surface area contributed by atoms with E-state index >= 15 is 0 Å². The van der Waals surface area contributed by atoms with Gasteiger partial charge in [0.2, 0.25) is 0 Å². The van der Waals surface area contributed by atoms with Crippen molar-refractivity contribution in [2.75, 3.05) is 12.5 Å². The highest BCUT2D eigenvalue weighted by Gasteiger charge is 2.12. The summed E-state index contributed by atoms with van der Waals surface area (Å²) < 4.78 is 47.4. The molecule has 0 saturated heterocycles. The fourth-order valence-corrected chi connectivity index (χ4v) is 7.11. The van der Waals surface area contributed by atoms with Gasteiger partial charge in [-0.3, -0.25) is 0 Å². The maximum absolute atomic E-state index is 11.8. The molecule has 0 spiro atoms. The van der Waals surface area contributed by atoms with Crippen LogP contribution >= 0.6 is 0 Å². The van der Waals surface area contributed by atoms with E-state index in [1.165, 1.54) is 44.8 Å². The van der Waals surface area contributed by atoms with E-state index in [-0.39, 0.29) is 0 Å². The molecule has 0 bridgehead atoms. The monoisotopic (exact) mass is 586 g/mol. The van der Waals surface area contributed by atoms with Crippen molar-refractivity contribution >= 4 is 62.8 Å². The van der Waals surface area contributed by atoms with E-state index < -0.39 is 19.7 Å². The van der Waals surface area contributed by atoms with Crippen LogP contribution in [0.1, 0.15) is 0 Å². The van der Waals surface area contributed by atoms with Crippen molar-refractivity contribution in [3.63, 3.8) is 0 Å². The summed E-state index contributed by atoms with van der Waals surface area (Å²) in [5, 5.41) is 9.32. The van der Waals surface area contributed by atoms with Crippen molar-refractivity contribution in [3.8, 4) is 22.3 Å². The van der Waals surface area contributed by atoms with Gasteiger partial charge in [0.25, 0.3) is 0 Å². The second kappa shape index (κ2) is 9.51. The zero-order valence-electron chi connectivity index (χ0n) is 23.0. The van der Waals surface area contributed by atoms with Gasteiger partial charge >= 0.3 is 0 Å². The standard InChI is InChI=1S/C36H26O4S2/c1-41(37,38)29-11-3-23(4-12-29)25-7-15-31-27(21-25)9-17-35-33(31)19-20-34-32-16-8-26(22-28(32)10-18-36(34)35)24-5-13-30(14-6-24)42(2,39)40/h3-22H,1-2H3. The van der Waals surface area contributed by atoms with Gasteiger partial charge in [0.05, 0.1) is 9.79 Å². The molecule has 7 aromatic carbocycles. The van der Waals surface area contributed by atoms with E-state index in [9.17, 15) is 16.8 Å². The minimum atomic E-state index is -3.23. The van der Waals surface area contributed by atoms with Crippen LogP contribution in [0.3, 0.4) is 0 Å². The molecule has 0 saturated carbocycles. The summed E-state index contributed by atoms with van der Waals surface area (Å²) in [4.78, 5) is 0.633. The quantitative estimate of drug-likeness (QED) is 0.194. The summed E-state index contributed by atoms with van der Waals surface area (Å²) in [6.07, 6.45) is 2.44. The second-order valence-electron chi connectivity index (χ2n) is 10.9. The Morgan fingerprint density at radius 1 is 0.333 bits per heavy atom. The molecule has 206 valence electrons. The normalized spacial score (nSPS) is 12.4. The first-order valence-corrected chi connectivity index (χ1v) is 17.3. The SMILES string of the molecule is CS(=O)(=O)c1ccc(-c2ccc3c(ccc4c3ccc3c5ccc(-c6ccc(S(C)(=O)=O)cc6)cc5ccc34)c2)cc1. The molecule has 6 heteroatoms. The fourth-order valence-electron chi connectivity index (χ4n) is 5.85. The van der Waals surface area contributed by atoms with E-state index in [1.807, 2.05) is 24.3 Å². The van der Waals surface area contributed by atoms with Gasteiger partial charge in [0, 0.05) is 12.5 Å². The lowest BCUT2D eigenvalue weighted by Crippen LogP contribution is -1.96. The molecule has 4 nitrogen and oxygen atoms in total. The number of hydrogen-bond acceptors (Lipinski definition) is 4. The lowest BCUT2D eigenvalue weighted by molar-refractivity contribution is 0.600. The molecule has 0 N–H and O–H groups in total. The van der Waals surface area contributed by atoms with Crippen LogP contribution in [0.15, 0.2) is 131 Å². The first kappa shape index (κ1) is 26.4. The van der Waals surface area contributed by atoms with Crippen molar-refractivity contribution in [1.29, 1.82) is 0 Å². The van der Waals surface area contributed by atoms with Crippen molar-refractivity contribution in [2.45, 2.75) is 9.79 Å². The highest BCUT2D eigenvalue weighted by atomic mass is 32.2. The zero-order chi connectivity index (χ0) is 29.2. The molecule has 42 heavy (non-hydrogen) atoms. The maximum atomic E-state index is 11.8. The van der Waals surface area contributed by atoms with Crippen LogP contribution in [0.25, 0.3) is 65.3 Å². The Morgan fingerprint density at radius 3 is 0.976 bits per heavy atom. The molecule has 0 fully saturated rings. The second-order valence-corrected chi connectivity index (χ2v) is 14.9. The number of fused-ring (bicyclic) bond motifs is 7. The van der Waals surface area contributed by atoms with E-state index in [4.69, 9.17) is 0 Å². The smallest absolute Gasteiger partial charge is 0.175 e. The van der Waals surface area contributed by atoms with Gasteiger partial charge in [-0.2, -0.15) is 0 Å². The van der Waals surface area contributed by atoms with Crippen LogP contribution in [0.5, 0.6) is 0 Å². The third-order valence-corrected chi connectivity index (χ3v) is 10.3.